The highest BCUT2D eigenvalue weighted by molar-refractivity contribution is 5.92. The normalized spacial score (nSPS) is 11.7. The number of anilines is 2. The maximum atomic E-state index is 12.7. The van der Waals surface area contributed by atoms with Crippen LogP contribution in [0, 0.1) is 6.92 Å². The summed E-state index contributed by atoms with van der Waals surface area (Å²) in [6, 6.07) is 22.6. The summed E-state index contributed by atoms with van der Waals surface area (Å²) in [5.41, 5.74) is 2.89. The van der Waals surface area contributed by atoms with E-state index in [2.05, 4.69) is 15.6 Å². The van der Waals surface area contributed by atoms with Gasteiger partial charge in [-0.3, -0.25) is 5.32 Å². The second kappa shape index (κ2) is 9.34. The van der Waals surface area contributed by atoms with Crippen LogP contribution in [0.5, 0.6) is 0 Å². The van der Waals surface area contributed by atoms with Crippen LogP contribution in [0.25, 0.3) is 10.9 Å². The van der Waals surface area contributed by atoms with Crippen molar-refractivity contribution in [2.24, 2.45) is 0 Å². The Kier molecular flexibility index (Phi) is 6.17. The molecule has 0 saturated carbocycles. The zero-order valence-corrected chi connectivity index (χ0v) is 17.8. The van der Waals surface area contributed by atoms with Crippen LogP contribution in [0.15, 0.2) is 82.0 Å². The number of amides is 1. The minimum Gasteiger partial charge on any atom is -0.444 e. The molecule has 0 aliphatic carbocycles. The molecule has 2 N–H and O–H groups in total. The molecule has 0 saturated heterocycles. The fraction of sp³-hybridized carbons (Fsp3) is 0.160. The lowest BCUT2D eigenvalue weighted by atomic mass is 10.1. The molecule has 0 fully saturated rings. The molecule has 7 nitrogen and oxygen atoms in total. The quantitative estimate of drug-likeness (QED) is 0.425. The third-order valence-electron chi connectivity index (χ3n) is 5.15. The van der Waals surface area contributed by atoms with Gasteiger partial charge >= 0.3 is 11.7 Å². The van der Waals surface area contributed by atoms with Gasteiger partial charge in [-0.05, 0) is 42.7 Å². The van der Waals surface area contributed by atoms with Crippen molar-refractivity contribution in [3.05, 3.63) is 99.9 Å². The van der Waals surface area contributed by atoms with Crippen molar-refractivity contribution in [2.45, 2.75) is 26.5 Å². The summed E-state index contributed by atoms with van der Waals surface area (Å²) in [7, 11) is 0. The molecule has 0 aliphatic rings. The van der Waals surface area contributed by atoms with Crippen LogP contribution in [0.1, 0.15) is 29.7 Å². The zero-order chi connectivity index (χ0) is 22.5. The highest BCUT2D eigenvalue weighted by atomic mass is 16.5. The van der Waals surface area contributed by atoms with Gasteiger partial charge in [-0.2, -0.15) is 4.98 Å². The number of aryl methyl sites for hydroxylation is 1. The van der Waals surface area contributed by atoms with Gasteiger partial charge in [-0.15, -0.1) is 0 Å². The van der Waals surface area contributed by atoms with Crippen LogP contribution in [0.2, 0.25) is 0 Å². The summed E-state index contributed by atoms with van der Waals surface area (Å²) in [6.45, 7) is 3.84. The first-order valence-corrected chi connectivity index (χ1v) is 10.2. The lowest BCUT2D eigenvalue weighted by Crippen LogP contribution is -2.16. The summed E-state index contributed by atoms with van der Waals surface area (Å²) in [5.74, 6) is 0. The number of nitrogens with one attached hydrogen (secondary N) is 2. The molecule has 0 bridgehead atoms. The summed E-state index contributed by atoms with van der Waals surface area (Å²) >= 11 is 0. The lowest BCUT2D eigenvalue weighted by Gasteiger charge is -2.14. The van der Waals surface area contributed by atoms with E-state index in [1.54, 1.807) is 19.1 Å². The summed E-state index contributed by atoms with van der Waals surface area (Å²) in [6.07, 6.45) is -0.608. The first-order chi connectivity index (χ1) is 15.5. The van der Waals surface area contributed by atoms with Gasteiger partial charge in [-0.25, -0.2) is 9.59 Å². The molecule has 0 aliphatic heterocycles. The fourth-order valence-corrected chi connectivity index (χ4v) is 3.40. The summed E-state index contributed by atoms with van der Waals surface area (Å²) < 4.78 is 10.7. The van der Waals surface area contributed by atoms with E-state index in [0.717, 1.165) is 11.1 Å². The summed E-state index contributed by atoms with van der Waals surface area (Å²) in [5, 5.41) is 6.11. The smallest absolute Gasteiger partial charge is 0.411 e. The van der Waals surface area contributed by atoms with Crippen LogP contribution < -0.4 is 16.3 Å². The predicted octanol–water partition coefficient (Wildman–Crippen LogP) is 5.42. The van der Waals surface area contributed by atoms with Crippen LogP contribution in [0.3, 0.4) is 0 Å². The van der Waals surface area contributed by atoms with Crippen molar-refractivity contribution >= 4 is 28.7 Å². The van der Waals surface area contributed by atoms with E-state index in [1.165, 1.54) is 0 Å². The zero-order valence-electron chi connectivity index (χ0n) is 17.8. The maximum absolute atomic E-state index is 12.7. The van der Waals surface area contributed by atoms with E-state index in [0.29, 0.717) is 22.2 Å². The molecule has 1 unspecified atom stereocenters. The third-order valence-corrected chi connectivity index (χ3v) is 5.15. The van der Waals surface area contributed by atoms with Gasteiger partial charge in [0.2, 0.25) is 0 Å². The maximum Gasteiger partial charge on any atom is 0.411 e. The minimum absolute atomic E-state index is 0.0919. The van der Waals surface area contributed by atoms with Gasteiger partial charge in [-0.1, -0.05) is 60.7 Å². The van der Waals surface area contributed by atoms with Gasteiger partial charge in [0.15, 0.2) is 0 Å². The van der Waals surface area contributed by atoms with Gasteiger partial charge in [0.1, 0.15) is 6.61 Å². The molecule has 0 spiro atoms. The molecule has 3 aromatic carbocycles. The number of nitrogens with zero attached hydrogens (tertiary/aromatic N) is 1. The van der Waals surface area contributed by atoms with Crippen molar-refractivity contribution < 1.29 is 13.9 Å². The number of hydrogen-bond acceptors (Lipinski definition) is 6. The Labute approximate surface area is 185 Å². The van der Waals surface area contributed by atoms with Crippen LogP contribution >= 0.6 is 0 Å². The monoisotopic (exact) mass is 429 g/mol. The molecule has 1 atom stereocenters. The van der Waals surface area contributed by atoms with E-state index >= 15 is 0 Å². The first-order valence-electron chi connectivity index (χ1n) is 10.2. The molecule has 32 heavy (non-hydrogen) atoms. The van der Waals surface area contributed by atoms with Crippen molar-refractivity contribution in [3.8, 4) is 0 Å². The Bertz CT molecular complexity index is 1290. The minimum atomic E-state index is -0.608. The molecule has 0 radical (unpaired) electrons. The fourth-order valence-electron chi connectivity index (χ4n) is 3.40. The Morgan fingerprint density at radius 2 is 1.72 bits per heavy atom. The number of rotatable bonds is 6. The molecule has 162 valence electrons. The largest absolute Gasteiger partial charge is 0.444 e. The topological polar surface area (TPSA) is 93.5 Å². The third kappa shape index (κ3) is 4.78. The number of carbonyl (C=O) groups excluding carboxylic acids is 1. The number of ether oxygens (including phenoxy) is 1. The van der Waals surface area contributed by atoms with Gasteiger partial charge in [0.25, 0.3) is 6.01 Å². The molecule has 7 heteroatoms. The number of benzene rings is 3. The Hall–Kier alpha value is -4.13. The first kappa shape index (κ1) is 21.1. The molecule has 1 heterocycles. The molecule has 1 amide bonds. The van der Waals surface area contributed by atoms with Gasteiger partial charge in [0.05, 0.1) is 16.9 Å². The molecule has 1 aromatic heterocycles. The van der Waals surface area contributed by atoms with Crippen LogP contribution in [-0.4, -0.2) is 11.1 Å². The lowest BCUT2D eigenvalue weighted by molar-refractivity contribution is 0.155. The second-order valence-corrected chi connectivity index (χ2v) is 7.40. The van der Waals surface area contributed by atoms with E-state index in [-0.39, 0.29) is 18.7 Å². The number of aromatic nitrogens is 1. The highest BCUT2D eigenvalue weighted by Crippen LogP contribution is 2.24. The Morgan fingerprint density at radius 1 is 1.03 bits per heavy atom. The molecular weight excluding hydrogens is 406 g/mol. The number of carbonyl (C=O) groups is 1. The predicted molar refractivity (Wildman–Crippen MR) is 124 cm³/mol. The summed E-state index contributed by atoms with van der Waals surface area (Å²) in [4.78, 5) is 29.3. The molecule has 4 rings (SSSR count). The van der Waals surface area contributed by atoms with Crippen molar-refractivity contribution in [3.63, 3.8) is 0 Å². The number of fused-ring (bicyclic) bond motifs is 1. The molecule has 4 aromatic rings. The standard InChI is InChI=1S/C25H23N3O4/c1-16-20(28-25(30)31-15-18-9-5-3-6-10-18)13-14-21-22(16)23(29)32-24(27-21)26-17(2)19-11-7-4-8-12-19/h3-14,17H,15H2,1-2H3,(H,26,27)(H,28,30). The van der Waals surface area contributed by atoms with Gasteiger partial charge < -0.3 is 14.5 Å². The van der Waals surface area contributed by atoms with Crippen molar-refractivity contribution in [1.29, 1.82) is 0 Å². The van der Waals surface area contributed by atoms with E-state index < -0.39 is 11.7 Å². The van der Waals surface area contributed by atoms with Crippen molar-refractivity contribution in [2.75, 3.05) is 10.6 Å². The second-order valence-electron chi connectivity index (χ2n) is 7.40. The highest BCUT2D eigenvalue weighted by Gasteiger charge is 2.15. The average Bonchev–Trinajstić information content (AvgIpc) is 2.80. The van der Waals surface area contributed by atoms with Crippen LogP contribution in [0.4, 0.5) is 16.5 Å². The SMILES string of the molecule is Cc1c(NC(=O)OCc2ccccc2)ccc2nc(NC(C)c3ccccc3)oc(=O)c12. The van der Waals surface area contributed by atoms with E-state index in [1.807, 2.05) is 67.6 Å². The molecular formula is C25H23N3O4. The van der Waals surface area contributed by atoms with Gasteiger partial charge in [0, 0.05) is 5.69 Å². The van der Waals surface area contributed by atoms with E-state index in [9.17, 15) is 9.59 Å². The van der Waals surface area contributed by atoms with E-state index in [4.69, 9.17) is 9.15 Å². The Balaban J connectivity index is 1.51. The van der Waals surface area contributed by atoms with Crippen LogP contribution in [-0.2, 0) is 11.3 Å². The number of hydrogen-bond donors (Lipinski definition) is 2. The average molecular weight is 429 g/mol. The van der Waals surface area contributed by atoms with Crippen molar-refractivity contribution in [1.82, 2.24) is 4.98 Å². The Morgan fingerprint density at radius 3 is 2.44 bits per heavy atom.